The second-order valence-corrected chi connectivity index (χ2v) is 9.21. The third-order valence-corrected chi connectivity index (χ3v) is 8.13. The predicted octanol–water partition coefficient (Wildman–Crippen LogP) is 3.79. The molecule has 0 unspecified atom stereocenters. The Labute approximate surface area is 100 Å². The summed E-state index contributed by atoms with van der Waals surface area (Å²) in [6.07, 6.45) is 1.88. The van der Waals surface area contributed by atoms with Crippen molar-refractivity contribution in [3.8, 4) is 11.5 Å². The maximum absolute atomic E-state index is 4.27. The van der Waals surface area contributed by atoms with Crippen LogP contribution in [-0.2, 0) is 0 Å². The summed E-state index contributed by atoms with van der Waals surface area (Å²) in [5.41, 5.74) is 5.67. The minimum absolute atomic E-state index is 1.05. The van der Waals surface area contributed by atoms with Gasteiger partial charge in [0, 0.05) is 17.5 Å². The van der Waals surface area contributed by atoms with Crippen LogP contribution in [0.5, 0.6) is 0 Å². The molecule has 0 aliphatic carbocycles. The molecule has 0 atom stereocenters. The molecule has 0 fully saturated rings. The molecule has 0 amide bonds. The highest BCUT2D eigenvalue weighted by Crippen LogP contribution is 2.18. The molecular weight excluding hydrogens is 210 g/mol. The molecule has 0 saturated heterocycles. The molecule has 0 aliphatic heterocycles. The van der Waals surface area contributed by atoms with E-state index < -0.39 is 8.07 Å². The van der Waals surface area contributed by atoms with Crippen LogP contribution in [-0.4, -0.2) is 13.1 Å². The Hall–Kier alpha value is -1.07. The second-order valence-electron chi connectivity index (χ2n) is 4.28. The molecule has 86 valence electrons. The standard InChI is InChI=1S/C14H21NSi/c1-5-16(6-2,7-3)11-10-14-9-8-13(4)15-12-14/h8-9,12H,5-7H2,1-4H3. The van der Waals surface area contributed by atoms with Crippen LogP contribution in [0.1, 0.15) is 32.0 Å². The normalized spacial score (nSPS) is 10.8. The second kappa shape index (κ2) is 5.86. The lowest BCUT2D eigenvalue weighted by atomic mass is 10.3. The molecule has 0 aromatic carbocycles. The fourth-order valence-electron chi connectivity index (χ4n) is 1.76. The van der Waals surface area contributed by atoms with Gasteiger partial charge < -0.3 is 0 Å². The van der Waals surface area contributed by atoms with E-state index in [0.29, 0.717) is 0 Å². The third kappa shape index (κ3) is 3.21. The summed E-state index contributed by atoms with van der Waals surface area (Å²) in [6, 6.07) is 7.86. The van der Waals surface area contributed by atoms with Crippen LogP contribution in [0.25, 0.3) is 0 Å². The molecule has 0 aliphatic rings. The monoisotopic (exact) mass is 231 g/mol. The van der Waals surface area contributed by atoms with Gasteiger partial charge in [0.15, 0.2) is 0 Å². The van der Waals surface area contributed by atoms with Gasteiger partial charge in [0.2, 0.25) is 0 Å². The molecule has 0 spiro atoms. The average Bonchev–Trinajstić information content (AvgIpc) is 2.34. The Balaban J connectivity index is 2.90. The Kier molecular flexibility index (Phi) is 4.76. The van der Waals surface area contributed by atoms with Crippen LogP contribution in [0.4, 0.5) is 0 Å². The van der Waals surface area contributed by atoms with Crippen LogP contribution in [0.15, 0.2) is 18.3 Å². The highest BCUT2D eigenvalue weighted by molar-refractivity contribution is 6.87. The van der Waals surface area contributed by atoms with Crippen molar-refractivity contribution in [1.29, 1.82) is 0 Å². The topological polar surface area (TPSA) is 12.9 Å². The fraction of sp³-hybridized carbons (Fsp3) is 0.500. The van der Waals surface area contributed by atoms with E-state index in [1.807, 2.05) is 19.2 Å². The van der Waals surface area contributed by atoms with E-state index in [0.717, 1.165) is 11.3 Å². The number of rotatable bonds is 3. The third-order valence-electron chi connectivity index (χ3n) is 3.41. The first-order valence-electron chi connectivity index (χ1n) is 6.11. The molecule has 1 nitrogen and oxygen atoms in total. The number of aryl methyl sites for hydroxylation is 1. The molecule has 1 heterocycles. The number of pyridine rings is 1. The van der Waals surface area contributed by atoms with Crippen molar-refractivity contribution in [3.63, 3.8) is 0 Å². The van der Waals surface area contributed by atoms with Crippen molar-refractivity contribution >= 4 is 8.07 Å². The van der Waals surface area contributed by atoms with Gasteiger partial charge in [-0.05, 0) is 37.2 Å². The average molecular weight is 231 g/mol. The fourth-order valence-corrected chi connectivity index (χ4v) is 4.20. The summed E-state index contributed by atoms with van der Waals surface area (Å²) in [5, 5.41) is 0. The van der Waals surface area contributed by atoms with Crippen molar-refractivity contribution in [3.05, 3.63) is 29.6 Å². The zero-order valence-corrected chi connectivity index (χ0v) is 11.8. The molecule has 1 aromatic rings. The highest BCUT2D eigenvalue weighted by Gasteiger charge is 2.23. The maximum Gasteiger partial charge on any atom is 0.138 e. The molecule has 16 heavy (non-hydrogen) atoms. The van der Waals surface area contributed by atoms with E-state index in [-0.39, 0.29) is 0 Å². The zero-order valence-electron chi connectivity index (χ0n) is 10.8. The molecule has 0 bridgehead atoms. The van der Waals surface area contributed by atoms with E-state index in [9.17, 15) is 0 Å². The lowest BCUT2D eigenvalue weighted by Gasteiger charge is -2.19. The molecule has 0 radical (unpaired) electrons. The molecule has 2 heteroatoms. The van der Waals surface area contributed by atoms with Crippen molar-refractivity contribution in [1.82, 2.24) is 4.98 Å². The predicted molar refractivity (Wildman–Crippen MR) is 73.0 cm³/mol. The van der Waals surface area contributed by atoms with Crippen molar-refractivity contribution in [2.24, 2.45) is 0 Å². The van der Waals surface area contributed by atoms with Gasteiger partial charge >= 0.3 is 0 Å². The minimum Gasteiger partial charge on any atom is -0.260 e. The zero-order chi connectivity index (χ0) is 12.0. The van der Waals surface area contributed by atoms with E-state index in [1.54, 1.807) is 0 Å². The van der Waals surface area contributed by atoms with Crippen LogP contribution in [0.2, 0.25) is 18.1 Å². The number of hydrogen-bond acceptors (Lipinski definition) is 1. The first-order valence-corrected chi connectivity index (χ1v) is 8.73. The molecule has 1 rings (SSSR count). The SMILES string of the molecule is CC[Si](C#Cc1ccc(C)nc1)(CC)CC. The van der Waals surface area contributed by atoms with Crippen molar-refractivity contribution in [2.45, 2.75) is 45.8 Å². The highest BCUT2D eigenvalue weighted by atomic mass is 28.3. The van der Waals surface area contributed by atoms with Gasteiger partial charge in [0.05, 0.1) is 0 Å². The van der Waals surface area contributed by atoms with Crippen molar-refractivity contribution < 1.29 is 0 Å². The lowest BCUT2D eigenvalue weighted by molar-refractivity contribution is 1.19. The minimum atomic E-state index is -1.30. The first kappa shape index (κ1) is 13.0. The Morgan fingerprint density at radius 1 is 1.12 bits per heavy atom. The summed E-state index contributed by atoms with van der Waals surface area (Å²) in [6.45, 7) is 8.84. The van der Waals surface area contributed by atoms with Crippen molar-refractivity contribution in [2.75, 3.05) is 0 Å². The Morgan fingerprint density at radius 2 is 1.75 bits per heavy atom. The summed E-state index contributed by atoms with van der Waals surface area (Å²) in [7, 11) is -1.30. The van der Waals surface area contributed by atoms with E-state index in [2.05, 4.69) is 43.3 Å². The van der Waals surface area contributed by atoms with Gasteiger partial charge in [-0.2, -0.15) is 0 Å². The van der Waals surface area contributed by atoms with Crippen LogP contribution >= 0.6 is 0 Å². The summed E-state index contributed by atoms with van der Waals surface area (Å²) in [4.78, 5) is 4.27. The van der Waals surface area contributed by atoms with E-state index >= 15 is 0 Å². The smallest absolute Gasteiger partial charge is 0.138 e. The van der Waals surface area contributed by atoms with Crippen LogP contribution < -0.4 is 0 Å². The van der Waals surface area contributed by atoms with Gasteiger partial charge in [-0.3, -0.25) is 4.98 Å². The van der Waals surface area contributed by atoms with Crippen LogP contribution in [0.3, 0.4) is 0 Å². The van der Waals surface area contributed by atoms with Gasteiger partial charge in [-0.25, -0.2) is 0 Å². The van der Waals surface area contributed by atoms with Gasteiger partial charge in [0.1, 0.15) is 8.07 Å². The molecule has 0 N–H and O–H groups in total. The Morgan fingerprint density at radius 3 is 2.19 bits per heavy atom. The van der Waals surface area contributed by atoms with Gasteiger partial charge in [0.25, 0.3) is 0 Å². The number of hydrogen-bond donors (Lipinski definition) is 0. The number of nitrogens with zero attached hydrogens (tertiary/aromatic N) is 1. The lowest BCUT2D eigenvalue weighted by Crippen LogP contribution is -2.29. The van der Waals surface area contributed by atoms with E-state index in [4.69, 9.17) is 0 Å². The maximum atomic E-state index is 4.27. The van der Waals surface area contributed by atoms with Gasteiger partial charge in [-0.1, -0.05) is 26.7 Å². The molecule has 1 aromatic heterocycles. The molecular formula is C14H21NSi. The quantitative estimate of drug-likeness (QED) is 0.570. The summed E-state index contributed by atoms with van der Waals surface area (Å²) >= 11 is 0. The largest absolute Gasteiger partial charge is 0.260 e. The summed E-state index contributed by atoms with van der Waals surface area (Å²) < 4.78 is 0. The van der Waals surface area contributed by atoms with Gasteiger partial charge in [-0.15, -0.1) is 5.54 Å². The van der Waals surface area contributed by atoms with E-state index in [1.165, 1.54) is 18.1 Å². The van der Waals surface area contributed by atoms with Crippen LogP contribution in [0, 0.1) is 18.4 Å². The first-order chi connectivity index (χ1) is 7.65. The number of aromatic nitrogens is 1. The Bertz CT molecular complexity index is 371. The summed E-state index contributed by atoms with van der Waals surface area (Å²) in [5.74, 6) is 3.31. The molecule has 0 saturated carbocycles.